The molecule has 4 N–H and O–H groups in total. The fraction of sp³-hybridized carbons (Fsp3) is 0.226. The summed E-state index contributed by atoms with van der Waals surface area (Å²) >= 11 is 0. The number of hydrogen-bond donors (Lipinski definition) is 4. The van der Waals surface area contributed by atoms with Gasteiger partial charge in [0.25, 0.3) is 0 Å². The number of halogens is 1. The Morgan fingerprint density at radius 2 is 2.03 bits per heavy atom. The molecule has 5 aliphatic rings. The number of aromatic nitrogens is 2. The van der Waals surface area contributed by atoms with Crippen LogP contribution in [0, 0.1) is 11.7 Å². The van der Waals surface area contributed by atoms with Gasteiger partial charge < -0.3 is 25.3 Å². The highest BCUT2D eigenvalue weighted by molar-refractivity contribution is 6.19. The standard InChI is InChI=1S/C31H23FN4O3/c1-31-17-4-2-3-14-11-33-27(14)25(17)23-16-7-6-15-18(32)10-21(26(31)24(15)22(16)23)36(28(31)29(37)38)12-13-5-8-19-20(9-13)35-30(39)34-19/h2-10,14,27-28,33H,11-12H2,1H3,(H,37,38)(H2,34,35,39)/t14?,27-,28?,31?/m0/s1. The van der Waals surface area contributed by atoms with Gasteiger partial charge in [0, 0.05) is 36.1 Å². The van der Waals surface area contributed by atoms with Gasteiger partial charge in [0.2, 0.25) is 0 Å². The number of fused-ring (bicyclic) bond motifs is 6. The lowest BCUT2D eigenvalue weighted by atomic mass is 9.66. The molecule has 3 unspecified atom stereocenters. The number of aromatic amines is 2. The van der Waals surface area contributed by atoms with Gasteiger partial charge in [-0.2, -0.15) is 0 Å². The molecule has 0 radical (unpaired) electrons. The first kappa shape index (κ1) is 21.5. The van der Waals surface area contributed by atoms with Crippen LogP contribution in [0.3, 0.4) is 0 Å². The van der Waals surface area contributed by atoms with Gasteiger partial charge in [-0.15, -0.1) is 0 Å². The summed E-state index contributed by atoms with van der Waals surface area (Å²) in [5.74, 6) is -0.959. The van der Waals surface area contributed by atoms with Crippen LogP contribution < -0.4 is 15.9 Å². The zero-order valence-electron chi connectivity index (χ0n) is 20.9. The Kier molecular flexibility index (Phi) is 3.73. The lowest BCUT2D eigenvalue weighted by Crippen LogP contribution is -2.55. The summed E-state index contributed by atoms with van der Waals surface area (Å²) in [5.41, 5.74) is 7.96. The minimum absolute atomic E-state index is 0.100. The maximum Gasteiger partial charge on any atom is 0.327 e. The number of hydrogen-bond acceptors (Lipinski definition) is 4. The first-order valence-electron chi connectivity index (χ1n) is 13.2. The Labute approximate surface area is 221 Å². The van der Waals surface area contributed by atoms with Gasteiger partial charge >= 0.3 is 11.7 Å². The van der Waals surface area contributed by atoms with Gasteiger partial charge in [0.15, 0.2) is 0 Å². The largest absolute Gasteiger partial charge is 0.480 e. The third-order valence-electron chi connectivity index (χ3n) is 9.60. The fourth-order valence-corrected chi connectivity index (χ4v) is 7.86. The molecule has 2 aliphatic heterocycles. The number of anilines is 1. The van der Waals surface area contributed by atoms with Crippen molar-refractivity contribution in [2.24, 2.45) is 5.92 Å². The lowest BCUT2D eigenvalue weighted by Gasteiger charge is -2.42. The van der Waals surface area contributed by atoms with Crippen LogP contribution in [0.25, 0.3) is 27.4 Å². The van der Waals surface area contributed by atoms with Crippen molar-refractivity contribution in [3.8, 4) is 0 Å². The summed E-state index contributed by atoms with van der Waals surface area (Å²) in [6.45, 7) is 3.16. The van der Waals surface area contributed by atoms with Crippen molar-refractivity contribution in [3.63, 3.8) is 0 Å². The zero-order valence-corrected chi connectivity index (χ0v) is 20.9. The molecular weight excluding hydrogens is 495 g/mol. The molecule has 1 saturated heterocycles. The molecule has 1 aromatic heterocycles. The number of carbonyl (C=O) groups is 1. The number of aliphatic carboxylic acids is 1. The highest BCUT2D eigenvalue weighted by Crippen LogP contribution is 2.65. The van der Waals surface area contributed by atoms with E-state index in [9.17, 15) is 14.7 Å². The molecule has 3 aromatic carbocycles. The van der Waals surface area contributed by atoms with E-state index in [0.29, 0.717) is 28.0 Å². The van der Waals surface area contributed by atoms with E-state index >= 15 is 4.39 Å². The Balaban J connectivity index is 1.34. The molecular formula is C31H23FN4O3. The van der Waals surface area contributed by atoms with E-state index in [0.717, 1.165) is 50.9 Å². The van der Waals surface area contributed by atoms with E-state index in [-0.39, 0.29) is 24.1 Å². The molecule has 4 atom stereocenters. The normalized spacial score (nSPS) is 27.2. The summed E-state index contributed by atoms with van der Waals surface area (Å²) in [6, 6.07) is 10.1. The third-order valence-corrected chi connectivity index (χ3v) is 9.60. The summed E-state index contributed by atoms with van der Waals surface area (Å²) in [4.78, 5) is 32.5. The summed E-state index contributed by atoms with van der Waals surface area (Å²) in [6.07, 6.45) is 6.38. The van der Waals surface area contributed by atoms with Crippen LogP contribution >= 0.6 is 0 Å². The molecule has 0 saturated carbocycles. The van der Waals surface area contributed by atoms with Crippen LogP contribution in [-0.4, -0.2) is 39.7 Å². The number of carboxylic acids is 1. The number of carboxylic acid groups (broad SMARTS) is 1. The minimum atomic E-state index is -0.960. The predicted octanol–water partition coefficient (Wildman–Crippen LogP) is 4.09. The molecule has 7 nitrogen and oxygen atoms in total. The van der Waals surface area contributed by atoms with E-state index < -0.39 is 17.4 Å². The van der Waals surface area contributed by atoms with Crippen molar-refractivity contribution >= 4 is 39.0 Å². The second kappa shape index (κ2) is 6.76. The maximum absolute atomic E-state index is 15.8. The average molecular weight is 519 g/mol. The minimum Gasteiger partial charge on any atom is -0.480 e. The lowest BCUT2D eigenvalue weighted by molar-refractivity contribution is -0.139. The molecule has 3 heterocycles. The van der Waals surface area contributed by atoms with Gasteiger partial charge in [0.05, 0.1) is 16.4 Å². The van der Waals surface area contributed by atoms with Gasteiger partial charge in [-0.05, 0) is 69.5 Å². The van der Waals surface area contributed by atoms with Gasteiger partial charge in [0.1, 0.15) is 11.9 Å². The highest BCUT2D eigenvalue weighted by Gasteiger charge is 2.60. The first-order chi connectivity index (χ1) is 18.9. The van der Waals surface area contributed by atoms with Crippen molar-refractivity contribution in [2.75, 3.05) is 11.4 Å². The molecule has 3 aliphatic carbocycles. The Bertz CT molecular complexity index is 2010. The van der Waals surface area contributed by atoms with Crippen molar-refractivity contribution in [3.05, 3.63) is 104 Å². The first-order valence-corrected chi connectivity index (χ1v) is 13.2. The fourth-order valence-electron chi connectivity index (χ4n) is 7.86. The molecule has 4 aromatic rings. The SMILES string of the molecule is CC12C3=CC=CC4CN[C@@H]4C3=C3c4ccc5c(F)cc(c1c5c43)N(Cc1ccc3[nH]c(=O)[nH]c3c1)C2C(=O)O. The second-order valence-electron chi connectivity index (χ2n) is 11.5. The van der Waals surface area contributed by atoms with Gasteiger partial charge in [-0.25, -0.2) is 14.0 Å². The van der Waals surface area contributed by atoms with Crippen LogP contribution in [0.2, 0.25) is 0 Å². The maximum atomic E-state index is 15.8. The monoisotopic (exact) mass is 518 g/mol. The Morgan fingerprint density at radius 3 is 2.82 bits per heavy atom. The van der Waals surface area contributed by atoms with E-state index in [1.165, 1.54) is 6.07 Å². The summed E-state index contributed by atoms with van der Waals surface area (Å²) in [5, 5.41) is 15.8. The number of allylic oxidation sites excluding steroid dienone is 2. The van der Waals surface area contributed by atoms with Crippen LogP contribution in [0.5, 0.6) is 0 Å². The Hall–Kier alpha value is -4.43. The average Bonchev–Trinajstić information content (AvgIpc) is 3.46. The number of benzene rings is 3. The van der Waals surface area contributed by atoms with Crippen molar-refractivity contribution < 1.29 is 14.3 Å². The number of nitrogens with zero attached hydrogens (tertiary/aromatic N) is 1. The summed E-state index contributed by atoms with van der Waals surface area (Å²) < 4.78 is 15.8. The molecule has 8 heteroatoms. The van der Waals surface area contributed by atoms with Crippen LogP contribution in [0.1, 0.15) is 29.2 Å². The highest BCUT2D eigenvalue weighted by atomic mass is 19.1. The van der Waals surface area contributed by atoms with E-state index in [2.05, 4.69) is 33.5 Å². The zero-order chi connectivity index (χ0) is 26.4. The third kappa shape index (κ3) is 2.46. The molecule has 0 bridgehead atoms. The molecule has 1 fully saturated rings. The predicted molar refractivity (Wildman–Crippen MR) is 146 cm³/mol. The smallest absolute Gasteiger partial charge is 0.327 e. The molecule has 192 valence electrons. The topological polar surface area (TPSA) is 101 Å². The number of nitrogens with one attached hydrogen (secondary N) is 3. The molecule has 0 spiro atoms. The quantitative estimate of drug-likeness (QED) is 0.288. The van der Waals surface area contributed by atoms with Crippen LogP contribution in [0.4, 0.5) is 10.1 Å². The number of imidazole rings is 1. The van der Waals surface area contributed by atoms with E-state index in [1.807, 2.05) is 42.2 Å². The number of rotatable bonds is 3. The van der Waals surface area contributed by atoms with Gasteiger partial charge in [-0.3, -0.25) is 0 Å². The molecule has 9 rings (SSSR count). The van der Waals surface area contributed by atoms with E-state index in [4.69, 9.17) is 0 Å². The molecule has 39 heavy (non-hydrogen) atoms. The second-order valence-corrected chi connectivity index (χ2v) is 11.5. The van der Waals surface area contributed by atoms with E-state index in [1.54, 1.807) is 0 Å². The van der Waals surface area contributed by atoms with Crippen LogP contribution in [0.15, 0.2) is 70.6 Å². The van der Waals surface area contributed by atoms with Crippen molar-refractivity contribution in [1.29, 1.82) is 0 Å². The van der Waals surface area contributed by atoms with Crippen molar-refractivity contribution in [1.82, 2.24) is 15.3 Å². The van der Waals surface area contributed by atoms with Crippen molar-refractivity contribution in [2.45, 2.75) is 31.0 Å². The summed E-state index contributed by atoms with van der Waals surface area (Å²) in [7, 11) is 0. The molecule has 0 amide bonds. The number of H-pyrrole nitrogens is 2. The Morgan fingerprint density at radius 1 is 1.18 bits per heavy atom. The van der Waals surface area contributed by atoms with Crippen LogP contribution in [-0.2, 0) is 16.8 Å². The van der Waals surface area contributed by atoms with Gasteiger partial charge in [-0.1, -0.05) is 36.4 Å².